The van der Waals surface area contributed by atoms with Crippen LogP contribution in [0.5, 0.6) is 0 Å². The lowest BCUT2D eigenvalue weighted by Crippen LogP contribution is -2.41. The van der Waals surface area contributed by atoms with Crippen LogP contribution in [0.15, 0.2) is 12.1 Å². The van der Waals surface area contributed by atoms with Crippen molar-refractivity contribution >= 4 is 28.8 Å². The first-order chi connectivity index (χ1) is 8.61. The van der Waals surface area contributed by atoms with E-state index in [1.54, 1.807) is 0 Å². The number of rotatable bonds is 4. The van der Waals surface area contributed by atoms with Gasteiger partial charge in [0, 0.05) is 10.9 Å². The average Bonchev–Trinajstić information content (AvgIpc) is 2.96. The predicted octanol–water partition coefficient (Wildman–Crippen LogP) is 2.75. The van der Waals surface area contributed by atoms with E-state index < -0.39 is 0 Å². The number of amides is 1. The zero-order valence-electron chi connectivity index (χ0n) is 10.5. The fraction of sp³-hybridized carbons (Fsp3) is 0.615. The molecule has 3 nitrogen and oxygen atoms in total. The van der Waals surface area contributed by atoms with Gasteiger partial charge in [0.1, 0.15) is 0 Å². The largest absolute Gasteiger partial charge is 0.352 e. The Morgan fingerprint density at radius 1 is 1.61 bits per heavy atom. The number of halogens is 1. The number of carbonyl (C=O) groups excluding carboxylic acids is 1. The molecule has 3 unspecified atom stereocenters. The molecule has 0 aromatic carbocycles. The third-order valence-corrected chi connectivity index (χ3v) is 5.12. The van der Waals surface area contributed by atoms with E-state index in [1.165, 1.54) is 11.3 Å². The van der Waals surface area contributed by atoms with Gasteiger partial charge in [-0.05, 0) is 44.4 Å². The van der Waals surface area contributed by atoms with Gasteiger partial charge in [0.2, 0.25) is 5.91 Å². The summed E-state index contributed by atoms with van der Waals surface area (Å²) in [6, 6.07) is 4.01. The van der Waals surface area contributed by atoms with Gasteiger partial charge in [-0.15, -0.1) is 11.3 Å². The normalized spacial score (nSPS) is 25.1. The molecule has 1 aliphatic rings. The molecule has 1 saturated carbocycles. The number of hydrogen-bond acceptors (Lipinski definition) is 3. The van der Waals surface area contributed by atoms with Crippen LogP contribution in [0.2, 0.25) is 4.34 Å². The Morgan fingerprint density at radius 3 is 3.00 bits per heavy atom. The van der Waals surface area contributed by atoms with Gasteiger partial charge in [-0.25, -0.2) is 0 Å². The van der Waals surface area contributed by atoms with Crippen LogP contribution in [0, 0.1) is 5.92 Å². The second kappa shape index (κ2) is 6.04. The molecule has 0 aliphatic heterocycles. The molecule has 0 radical (unpaired) electrons. The summed E-state index contributed by atoms with van der Waals surface area (Å²) in [5.74, 6) is 0.383. The third-order valence-electron chi connectivity index (χ3n) is 3.70. The smallest absolute Gasteiger partial charge is 0.228 e. The molecular weight excluding hydrogens is 268 g/mol. The van der Waals surface area contributed by atoms with Gasteiger partial charge < -0.3 is 11.1 Å². The second-order valence-electron chi connectivity index (χ2n) is 4.91. The summed E-state index contributed by atoms with van der Waals surface area (Å²) < 4.78 is 0.727. The van der Waals surface area contributed by atoms with E-state index in [4.69, 9.17) is 17.3 Å². The summed E-state index contributed by atoms with van der Waals surface area (Å²) in [7, 11) is 0. The highest BCUT2D eigenvalue weighted by atomic mass is 35.5. The fourth-order valence-electron chi connectivity index (χ4n) is 2.51. The van der Waals surface area contributed by atoms with Crippen LogP contribution in [0.3, 0.4) is 0 Å². The van der Waals surface area contributed by atoms with Crippen LogP contribution in [0.25, 0.3) is 0 Å². The number of nitrogens with two attached hydrogens (primary N) is 1. The molecule has 1 amide bonds. The Kier molecular flexibility index (Phi) is 4.65. The van der Waals surface area contributed by atoms with Crippen LogP contribution < -0.4 is 11.1 Å². The Morgan fingerprint density at radius 2 is 2.39 bits per heavy atom. The van der Waals surface area contributed by atoms with Crippen molar-refractivity contribution < 1.29 is 4.79 Å². The van der Waals surface area contributed by atoms with Gasteiger partial charge in [-0.3, -0.25) is 4.79 Å². The zero-order chi connectivity index (χ0) is 13.1. The van der Waals surface area contributed by atoms with Gasteiger partial charge in [0.05, 0.1) is 10.3 Å². The maximum Gasteiger partial charge on any atom is 0.228 e. The maximum atomic E-state index is 12.2. The Hall–Kier alpha value is -0.580. The average molecular weight is 287 g/mol. The Bertz CT molecular complexity index is 421. The van der Waals surface area contributed by atoms with E-state index in [0.717, 1.165) is 28.5 Å². The van der Waals surface area contributed by atoms with E-state index in [9.17, 15) is 4.79 Å². The molecule has 0 spiro atoms. The van der Waals surface area contributed by atoms with E-state index in [0.29, 0.717) is 12.5 Å². The maximum absolute atomic E-state index is 12.2. The molecule has 5 heteroatoms. The summed E-state index contributed by atoms with van der Waals surface area (Å²) >= 11 is 7.36. The van der Waals surface area contributed by atoms with Gasteiger partial charge in [-0.1, -0.05) is 18.0 Å². The molecule has 100 valence electrons. The van der Waals surface area contributed by atoms with Crippen molar-refractivity contribution in [1.82, 2.24) is 5.32 Å². The van der Waals surface area contributed by atoms with Gasteiger partial charge in [-0.2, -0.15) is 0 Å². The second-order valence-corrected chi connectivity index (χ2v) is 6.65. The molecule has 1 aromatic heterocycles. The van der Waals surface area contributed by atoms with E-state index in [-0.39, 0.29) is 17.9 Å². The monoisotopic (exact) mass is 286 g/mol. The van der Waals surface area contributed by atoms with E-state index in [1.807, 2.05) is 19.1 Å². The molecule has 1 heterocycles. The fourth-order valence-corrected chi connectivity index (χ4v) is 3.62. The van der Waals surface area contributed by atoms with Gasteiger partial charge in [0.25, 0.3) is 0 Å². The highest BCUT2D eigenvalue weighted by Gasteiger charge is 2.29. The molecular formula is C13H19ClN2OS. The number of thiophene rings is 1. The quantitative estimate of drug-likeness (QED) is 0.894. The highest BCUT2D eigenvalue weighted by Crippen LogP contribution is 2.29. The summed E-state index contributed by atoms with van der Waals surface area (Å²) in [6.45, 7) is 2.58. The Balaban J connectivity index is 1.95. The van der Waals surface area contributed by atoms with Crippen molar-refractivity contribution in [1.29, 1.82) is 0 Å². The summed E-state index contributed by atoms with van der Waals surface area (Å²) in [5.41, 5.74) is 5.72. The summed E-state index contributed by atoms with van der Waals surface area (Å²) in [5, 5.41) is 3.13. The van der Waals surface area contributed by atoms with Crippen molar-refractivity contribution in [3.8, 4) is 0 Å². The standard InChI is InChI=1S/C13H19ClN2OS/c1-8(11-5-6-12(14)18-11)13(17)16-10-4-2-3-9(10)7-15/h5-6,8-10H,2-4,7,15H2,1H3,(H,16,17). The zero-order valence-corrected chi connectivity index (χ0v) is 12.1. The van der Waals surface area contributed by atoms with Crippen molar-refractivity contribution in [2.75, 3.05) is 6.54 Å². The molecule has 3 N–H and O–H groups in total. The summed E-state index contributed by atoms with van der Waals surface area (Å²) in [6.07, 6.45) is 3.33. The van der Waals surface area contributed by atoms with Crippen LogP contribution in [-0.4, -0.2) is 18.5 Å². The minimum atomic E-state index is -0.137. The van der Waals surface area contributed by atoms with Crippen LogP contribution in [0.1, 0.15) is 37.0 Å². The van der Waals surface area contributed by atoms with Gasteiger partial charge >= 0.3 is 0 Å². The lowest BCUT2D eigenvalue weighted by atomic mass is 10.0. The lowest BCUT2D eigenvalue weighted by Gasteiger charge is -2.21. The van der Waals surface area contributed by atoms with E-state index >= 15 is 0 Å². The molecule has 1 fully saturated rings. The van der Waals surface area contributed by atoms with Crippen LogP contribution in [0.4, 0.5) is 0 Å². The van der Waals surface area contributed by atoms with Crippen LogP contribution >= 0.6 is 22.9 Å². The molecule has 3 atom stereocenters. The first-order valence-electron chi connectivity index (χ1n) is 6.37. The first kappa shape index (κ1) is 13.8. The van der Waals surface area contributed by atoms with Crippen molar-refractivity contribution in [3.05, 3.63) is 21.3 Å². The molecule has 1 aromatic rings. The lowest BCUT2D eigenvalue weighted by molar-refractivity contribution is -0.123. The molecule has 0 saturated heterocycles. The topological polar surface area (TPSA) is 55.1 Å². The number of hydrogen-bond donors (Lipinski definition) is 2. The molecule has 0 bridgehead atoms. The minimum Gasteiger partial charge on any atom is -0.352 e. The minimum absolute atomic E-state index is 0.0823. The number of carbonyl (C=O) groups is 1. The van der Waals surface area contributed by atoms with Crippen molar-refractivity contribution in [2.24, 2.45) is 11.7 Å². The third kappa shape index (κ3) is 3.05. The molecule has 2 rings (SSSR count). The highest BCUT2D eigenvalue weighted by molar-refractivity contribution is 7.16. The molecule has 1 aliphatic carbocycles. The Labute approximate surface area is 117 Å². The predicted molar refractivity (Wildman–Crippen MR) is 76.1 cm³/mol. The van der Waals surface area contributed by atoms with Crippen molar-refractivity contribution in [3.63, 3.8) is 0 Å². The SMILES string of the molecule is CC(C(=O)NC1CCCC1CN)c1ccc(Cl)s1. The summed E-state index contributed by atoms with van der Waals surface area (Å²) in [4.78, 5) is 13.2. The first-order valence-corrected chi connectivity index (χ1v) is 7.57. The van der Waals surface area contributed by atoms with Crippen molar-refractivity contribution in [2.45, 2.75) is 38.1 Å². The molecule has 18 heavy (non-hydrogen) atoms. The van der Waals surface area contributed by atoms with E-state index in [2.05, 4.69) is 5.32 Å². The van der Waals surface area contributed by atoms with Gasteiger partial charge in [0.15, 0.2) is 0 Å². The number of nitrogens with one attached hydrogen (secondary N) is 1. The van der Waals surface area contributed by atoms with Crippen LogP contribution in [-0.2, 0) is 4.79 Å².